The van der Waals surface area contributed by atoms with Gasteiger partial charge < -0.3 is 24.6 Å². The Kier molecular flexibility index (Phi) is 5.97. The molecule has 2 heterocycles. The van der Waals surface area contributed by atoms with E-state index in [9.17, 15) is 19.8 Å². The van der Waals surface area contributed by atoms with Gasteiger partial charge in [0.25, 0.3) is 11.7 Å². The highest BCUT2D eigenvalue weighted by atomic mass is 35.5. The van der Waals surface area contributed by atoms with Crippen LogP contribution in [0.4, 0.5) is 11.4 Å². The number of hydrogen-bond acceptors (Lipinski definition) is 7. The van der Waals surface area contributed by atoms with Crippen LogP contribution in [0.25, 0.3) is 5.76 Å². The first-order chi connectivity index (χ1) is 17.3. The van der Waals surface area contributed by atoms with Crippen molar-refractivity contribution < 1.29 is 29.3 Å². The Morgan fingerprint density at radius 3 is 2.53 bits per heavy atom. The number of carbonyl (C=O) groups excluding carboxylic acids is 2. The van der Waals surface area contributed by atoms with Gasteiger partial charge >= 0.3 is 0 Å². The summed E-state index contributed by atoms with van der Waals surface area (Å²) in [6.07, 6.45) is 0. The summed E-state index contributed by atoms with van der Waals surface area (Å²) >= 11 is 6.04. The van der Waals surface area contributed by atoms with E-state index >= 15 is 0 Å². The van der Waals surface area contributed by atoms with Crippen molar-refractivity contribution in [3.8, 4) is 17.2 Å². The van der Waals surface area contributed by atoms with Crippen LogP contribution in [0.5, 0.6) is 17.2 Å². The number of aliphatic hydroxyl groups excluding tert-OH is 1. The van der Waals surface area contributed by atoms with Gasteiger partial charge in [-0.05, 0) is 60.2 Å². The molecule has 8 nitrogen and oxygen atoms in total. The van der Waals surface area contributed by atoms with Gasteiger partial charge in [0.05, 0.1) is 31.0 Å². The van der Waals surface area contributed by atoms with E-state index < -0.39 is 17.7 Å². The zero-order chi connectivity index (χ0) is 25.6. The second kappa shape index (κ2) is 9.13. The second-order valence-electron chi connectivity index (χ2n) is 8.53. The fourth-order valence-electron chi connectivity index (χ4n) is 4.55. The summed E-state index contributed by atoms with van der Waals surface area (Å²) in [7, 11) is 3.33. The van der Waals surface area contributed by atoms with Crippen LogP contribution in [0.3, 0.4) is 0 Å². The standard InChI is InChI=1S/C27H23ClN2O6/c1-29-11-12-36-21-9-4-16(13-19(21)29)25(32)23-24(15-3-10-22(35-2)20(31)14-15)30(27(34)26(23)33)18-7-5-17(28)6-8-18/h3-10,13-14,24,31-32H,11-12H2,1-2H3/b25-23-. The highest BCUT2D eigenvalue weighted by Gasteiger charge is 2.47. The second-order valence-corrected chi connectivity index (χ2v) is 8.97. The molecule has 0 bridgehead atoms. The molecule has 9 heteroatoms. The predicted molar refractivity (Wildman–Crippen MR) is 136 cm³/mol. The first kappa shape index (κ1) is 23.6. The lowest BCUT2D eigenvalue weighted by Gasteiger charge is -2.28. The number of aliphatic hydroxyl groups is 1. The molecule has 2 aliphatic heterocycles. The molecular formula is C27H23ClN2O6. The number of methoxy groups -OCH3 is 1. The minimum absolute atomic E-state index is 0.0983. The van der Waals surface area contributed by atoms with E-state index in [1.807, 2.05) is 11.9 Å². The number of ketones is 1. The number of benzene rings is 3. The number of nitrogens with zero attached hydrogens (tertiary/aromatic N) is 2. The van der Waals surface area contributed by atoms with Gasteiger partial charge in [-0.3, -0.25) is 14.5 Å². The Balaban J connectivity index is 1.71. The number of anilines is 2. The Morgan fingerprint density at radius 1 is 1.08 bits per heavy atom. The Morgan fingerprint density at radius 2 is 1.83 bits per heavy atom. The number of ether oxygens (including phenoxy) is 2. The van der Waals surface area contributed by atoms with Crippen molar-refractivity contribution >= 4 is 40.4 Å². The Bertz CT molecular complexity index is 1400. The molecule has 0 radical (unpaired) electrons. The average Bonchev–Trinajstić information content (AvgIpc) is 3.14. The number of hydrogen-bond donors (Lipinski definition) is 2. The lowest BCUT2D eigenvalue weighted by molar-refractivity contribution is -0.132. The quantitative estimate of drug-likeness (QED) is 0.305. The summed E-state index contributed by atoms with van der Waals surface area (Å²) in [5, 5.41) is 22.3. The topological polar surface area (TPSA) is 99.5 Å². The molecule has 2 N–H and O–H groups in total. The largest absolute Gasteiger partial charge is 0.507 e. The van der Waals surface area contributed by atoms with Crippen LogP contribution < -0.4 is 19.3 Å². The number of Topliss-reactive ketones (excluding diaryl/α,β-unsaturated/α-hetero) is 1. The van der Waals surface area contributed by atoms with Crippen molar-refractivity contribution in [3.63, 3.8) is 0 Å². The summed E-state index contributed by atoms with van der Waals surface area (Å²) in [5.41, 5.74) is 1.86. The molecular weight excluding hydrogens is 484 g/mol. The van der Waals surface area contributed by atoms with Crippen molar-refractivity contribution in [2.24, 2.45) is 0 Å². The van der Waals surface area contributed by atoms with E-state index in [0.717, 1.165) is 5.69 Å². The maximum absolute atomic E-state index is 13.4. The van der Waals surface area contributed by atoms with Crippen LogP contribution >= 0.6 is 11.6 Å². The van der Waals surface area contributed by atoms with E-state index in [4.69, 9.17) is 21.1 Å². The van der Waals surface area contributed by atoms with E-state index in [1.54, 1.807) is 48.5 Å². The normalized spacial score (nSPS) is 18.7. The molecule has 1 fully saturated rings. The molecule has 0 aliphatic carbocycles. The third-order valence-corrected chi connectivity index (χ3v) is 6.65. The van der Waals surface area contributed by atoms with Crippen LogP contribution in [0.1, 0.15) is 17.2 Å². The van der Waals surface area contributed by atoms with E-state index in [0.29, 0.717) is 40.7 Å². The molecule has 184 valence electrons. The highest BCUT2D eigenvalue weighted by molar-refractivity contribution is 6.51. The zero-order valence-corrected chi connectivity index (χ0v) is 20.3. The minimum Gasteiger partial charge on any atom is -0.507 e. The van der Waals surface area contributed by atoms with Crippen LogP contribution in [0, 0.1) is 0 Å². The summed E-state index contributed by atoms with van der Waals surface area (Å²) in [4.78, 5) is 29.9. The summed E-state index contributed by atoms with van der Waals surface area (Å²) in [6, 6.07) is 15.1. The molecule has 0 aromatic heterocycles. The van der Waals surface area contributed by atoms with Crippen molar-refractivity contribution in [2.75, 3.05) is 37.1 Å². The first-order valence-corrected chi connectivity index (χ1v) is 11.6. The van der Waals surface area contributed by atoms with Crippen LogP contribution in [-0.4, -0.2) is 49.2 Å². The number of phenols is 1. The number of likely N-dealkylation sites (N-methyl/N-ethyl adjacent to an activating group) is 1. The molecule has 36 heavy (non-hydrogen) atoms. The molecule has 5 rings (SSSR count). The fraction of sp³-hybridized carbons (Fsp3) is 0.185. The third kappa shape index (κ3) is 3.89. The molecule has 3 aromatic rings. The van der Waals surface area contributed by atoms with Crippen LogP contribution in [0.15, 0.2) is 66.2 Å². The summed E-state index contributed by atoms with van der Waals surface area (Å²) in [6.45, 7) is 1.21. The fourth-order valence-corrected chi connectivity index (χ4v) is 4.67. The van der Waals surface area contributed by atoms with E-state index in [-0.39, 0.29) is 22.8 Å². The average molecular weight is 507 g/mol. The SMILES string of the molecule is COc1ccc(C2/C(=C(/O)c3ccc4c(c3)N(C)CCO4)C(=O)C(=O)N2c2ccc(Cl)cc2)cc1O. The van der Waals surface area contributed by atoms with Gasteiger partial charge in [-0.15, -0.1) is 0 Å². The van der Waals surface area contributed by atoms with Gasteiger partial charge in [-0.25, -0.2) is 0 Å². The Hall–Kier alpha value is -4.17. The van der Waals surface area contributed by atoms with Crippen molar-refractivity contribution in [1.82, 2.24) is 0 Å². The van der Waals surface area contributed by atoms with Crippen molar-refractivity contribution in [2.45, 2.75) is 6.04 Å². The minimum atomic E-state index is -1.01. The lowest BCUT2D eigenvalue weighted by atomic mass is 9.94. The molecule has 0 saturated carbocycles. The van der Waals surface area contributed by atoms with Gasteiger partial charge in [0.2, 0.25) is 0 Å². The number of carbonyl (C=O) groups is 2. The first-order valence-electron chi connectivity index (χ1n) is 11.2. The maximum Gasteiger partial charge on any atom is 0.300 e. The third-order valence-electron chi connectivity index (χ3n) is 6.40. The molecule has 1 saturated heterocycles. The number of amides is 1. The monoisotopic (exact) mass is 506 g/mol. The van der Waals surface area contributed by atoms with Gasteiger partial charge in [0, 0.05) is 23.3 Å². The van der Waals surface area contributed by atoms with E-state index in [2.05, 4.69) is 0 Å². The molecule has 1 amide bonds. The van der Waals surface area contributed by atoms with Gasteiger partial charge in [0.15, 0.2) is 11.5 Å². The van der Waals surface area contributed by atoms with Gasteiger partial charge in [-0.1, -0.05) is 17.7 Å². The summed E-state index contributed by atoms with van der Waals surface area (Å²) in [5.74, 6) is -1.24. The highest BCUT2D eigenvalue weighted by Crippen LogP contribution is 2.45. The number of halogens is 1. The predicted octanol–water partition coefficient (Wildman–Crippen LogP) is 4.51. The number of aromatic hydroxyl groups is 1. The van der Waals surface area contributed by atoms with Crippen molar-refractivity contribution in [1.29, 1.82) is 0 Å². The van der Waals surface area contributed by atoms with E-state index in [1.165, 1.54) is 24.1 Å². The zero-order valence-electron chi connectivity index (χ0n) is 19.6. The van der Waals surface area contributed by atoms with Gasteiger partial charge in [-0.2, -0.15) is 0 Å². The van der Waals surface area contributed by atoms with Crippen molar-refractivity contribution in [3.05, 3.63) is 82.4 Å². The maximum atomic E-state index is 13.4. The number of phenolic OH excluding ortho intramolecular Hbond substituents is 1. The lowest BCUT2D eigenvalue weighted by Crippen LogP contribution is -2.29. The molecule has 1 unspecified atom stereocenters. The summed E-state index contributed by atoms with van der Waals surface area (Å²) < 4.78 is 10.8. The van der Waals surface area contributed by atoms with Gasteiger partial charge in [0.1, 0.15) is 18.1 Å². The molecule has 1 atom stereocenters. The molecule has 2 aliphatic rings. The molecule has 3 aromatic carbocycles. The Labute approximate surface area is 212 Å². The number of fused-ring (bicyclic) bond motifs is 1. The number of rotatable bonds is 4. The van der Waals surface area contributed by atoms with Crippen LogP contribution in [0.2, 0.25) is 5.02 Å². The molecule has 0 spiro atoms. The van der Waals surface area contributed by atoms with Crippen LogP contribution in [-0.2, 0) is 9.59 Å². The smallest absolute Gasteiger partial charge is 0.300 e.